The number of nitro benzene ring substituents is 1. The molecule has 6 heteroatoms. The Bertz CT molecular complexity index is 858. The molecule has 0 radical (unpaired) electrons. The summed E-state index contributed by atoms with van der Waals surface area (Å²) in [5.41, 5.74) is 3.38. The first-order chi connectivity index (χ1) is 14.7. The zero-order chi connectivity index (χ0) is 20.9. The lowest BCUT2D eigenvalue weighted by Gasteiger charge is -2.42. The van der Waals surface area contributed by atoms with E-state index in [9.17, 15) is 10.1 Å². The fraction of sp³-hybridized carbons (Fsp3) is 0.500. The Morgan fingerprint density at radius 3 is 2.70 bits per heavy atom. The average molecular weight is 410 g/mol. The third kappa shape index (κ3) is 4.50. The molecule has 2 aromatic carbocycles. The minimum Gasteiger partial charge on any atom is -0.368 e. The molecule has 0 amide bonds. The van der Waals surface area contributed by atoms with Crippen molar-refractivity contribution < 1.29 is 9.66 Å². The van der Waals surface area contributed by atoms with E-state index in [1.165, 1.54) is 18.4 Å². The van der Waals surface area contributed by atoms with E-state index in [1.807, 2.05) is 24.3 Å². The minimum atomic E-state index is -0.300. The van der Waals surface area contributed by atoms with Crippen LogP contribution in [-0.4, -0.2) is 35.6 Å². The zero-order valence-corrected chi connectivity index (χ0v) is 17.7. The molecule has 0 aliphatic carbocycles. The highest BCUT2D eigenvalue weighted by atomic mass is 16.6. The number of benzene rings is 2. The predicted octanol–water partition coefficient (Wildman–Crippen LogP) is 5.28. The van der Waals surface area contributed by atoms with Crippen LogP contribution in [0.25, 0.3) is 0 Å². The molecular formula is C24H31N3O3. The quantitative estimate of drug-likeness (QED) is 0.480. The fourth-order valence-corrected chi connectivity index (χ4v) is 4.81. The van der Waals surface area contributed by atoms with Crippen LogP contribution >= 0.6 is 0 Å². The van der Waals surface area contributed by atoms with E-state index in [-0.39, 0.29) is 16.8 Å². The van der Waals surface area contributed by atoms with Crippen LogP contribution in [0.4, 0.5) is 11.4 Å². The SMILES string of the molecule is CC[C@@H]1CCCCN1c1ccc([N+](=O)[O-])cc1[C@@H]1OCCCN1Cc1ccccc1. The van der Waals surface area contributed by atoms with Gasteiger partial charge in [-0.2, -0.15) is 0 Å². The summed E-state index contributed by atoms with van der Waals surface area (Å²) in [7, 11) is 0. The first kappa shape index (κ1) is 20.8. The maximum absolute atomic E-state index is 11.6. The van der Waals surface area contributed by atoms with Crippen LogP contribution in [-0.2, 0) is 11.3 Å². The van der Waals surface area contributed by atoms with Gasteiger partial charge in [-0.1, -0.05) is 37.3 Å². The van der Waals surface area contributed by atoms with Crippen LogP contribution in [0.15, 0.2) is 48.5 Å². The Hall–Kier alpha value is -2.44. The van der Waals surface area contributed by atoms with Crippen molar-refractivity contribution in [3.63, 3.8) is 0 Å². The second kappa shape index (κ2) is 9.58. The highest BCUT2D eigenvalue weighted by Gasteiger charge is 2.32. The van der Waals surface area contributed by atoms with E-state index in [2.05, 4.69) is 28.9 Å². The molecule has 0 N–H and O–H groups in total. The van der Waals surface area contributed by atoms with Crippen molar-refractivity contribution in [3.05, 3.63) is 69.8 Å². The van der Waals surface area contributed by atoms with Crippen LogP contribution < -0.4 is 4.90 Å². The summed E-state index contributed by atoms with van der Waals surface area (Å²) >= 11 is 0. The average Bonchev–Trinajstić information content (AvgIpc) is 2.79. The van der Waals surface area contributed by atoms with E-state index in [1.54, 1.807) is 12.1 Å². The molecule has 160 valence electrons. The number of ether oxygens (including phenoxy) is 1. The van der Waals surface area contributed by atoms with Crippen molar-refractivity contribution in [2.45, 2.75) is 57.8 Å². The van der Waals surface area contributed by atoms with Crippen LogP contribution in [0.5, 0.6) is 0 Å². The van der Waals surface area contributed by atoms with Crippen molar-refractivity contribution in [1.29, 1.82) is 0 Å². The Morgan fingerprint density at radius 1 is 1.10 bits per heavy atom. The van der Waals surface area contributed by atoms with Crippen molar-refractivity contribution >= 4 is 11.4 Å². The second-order valence-electron chi connectivity index (χ2n) is 8.28. The lowest BCUT2D eigenvalue weighted by atomic mass is 9.97. The number of nitrogens with zero attached hydrogens (tertiary/aromatic N) is 3. The molecule has 2 aromatic rings. The molecule has 6 nitrogen and oxygen atoms in total. The highest BCUT2D eigenvalue weighted by molar-refractivity contribution is 5.60. The molecule has 0 unspecified atom stereocenters. The van der Waals surface area contributed by atoms with Gasteiger partial charge in [0.05, 0.1) is 11.5 Å². The van der Waals surface area contributed by atoms with Gasteiger partial charge in [0, 0.05) is 49.1 Å². The third-order valence-electron chi connectivity index (χ3n) is 6.32. The summed E-state index contributed by atoms with van der Waals surface area (Å²) in [6.45, 7) is 5.58. The van der Waals surface area contributed by atoms with E-state index >= 15 is 0 Å². The zero-order valence-electron chi connectivity index (χ0n) is 17.7. The summed E-state index contributed by atoms with van der Waals surface area (Å²) < 4.78 is 6.26. The number of hydrogen-bond acceptors (Lipinski definition) is 5. The molecule has 0 saturated carbocycles. The van der Waals surface area contributed by atoms with Crippen molar-refractivity contribution in [2.75, 3.05) is 24.6 Å². The molecular weight excluding hydrogens is 378 g/mol. The summed E-state index contributed by atoms with van der Waals surface area (Å²) in [6, 6.07) is 16.2. The lowest BCUT2D eigenvalue weighted by Crippen LogP contribution is -2.42. The molecule has 2 atom stereocenters. The first-order valence-corrected chi connectivity index (χ1v) is 11.1. The van der Waals surface area contributed by atoms with E-state index < -0.39 is 0 Å². The second-order valence-corrected chi connectivity index (χ2v) is 8.28. The topological polar surface area (TPSA) is 58.9 Å². The molecule has 0 bridgehead atoms. The monoisotopic (exact) mass is 409 g/mol. The van der Waals surface area contributed by atoms with Crippen LogP contribution in [0.1, 0.15) is 56.4 Å². The molecule has 2 aliphatic heterocycles. The number of non-ortho nitro benzene ring substituents is 1. The van der Waals surface area contributed by atoms with Gasteiger partial charge in [-0.05, 0) is 43.7 Å². The summed E-state index contributed by atoms with van der Waals surface area (Å²) in [5, 5.41) is 11.6. The minimum absolute atomic E-state index is 0.132. The van der Waals surface area contributed by atoms with Gasteiger partial charge in [0.25, 0.3) is 5.69 Å². The number of nitro groups is 1. The van der Waals surface area contributed by atoms with Gasteiger partial charge in [0.1, 0.15) is 6.23 Å². The smallest absolute Gasteiger partial charge is 0.270 e. The lowest BCUT2D eigenvalue weighted by molar-refractivity contribution is -0.385. The van der Waals surface area contributed by atoms with Gasteiger partial charge in [-0.3, -0.25) is 15.0 Å². The van der Waals surface area contributed by atoms with Gasteiger partial charge in [0.2, 0.25) is 0 Å². The molecule has 0 spiro atoms. The molecule has 0 aromatic heterocycles. The summed E-state index contributed by atoms with van der Waals surface area (Å²) in [4.78, 5) is 16.0. The molecule has 2 aliphatic rings. The van der Waals surface area contributed by atoms with Gasteiger partial charge in [-0.25, -0.2) is 0 Å². The normalized spacial score (nSPS) is 22.8. The molecule has 2 fully saturated rings. The van der Waals surface area contributed by atoms with Crippen molar-refractivity contribution in [3.8, 4) is 0 Å². The van der Waals surface area contributed by atoms with Gasteiger partial charge in [0.15, 0.2) is 0 Å². The molecule has 30 heavy (non-hydrogen) atoms. The number of hydrogen-bond donors (Lipinski definition) is 0. The summed E-state index contributed by atoms with van der Waals surface area (Å²) in [6.07, 6.45) is 5.36. The molecule has 2 heterocycles. The Kier molecular flexibility index (Phi) is 6.65. The van der Waals surface area contributed by atoms with Gasteiger partial charge < -0.3 is 9.64 Å². The van der Waals surface area contributed by atoms with E-state index in [0.717, 1.165) is 50.1 Å². The van der Waals surface area contributed by atoms with Gasteiger partial charge >= 0.3 is 0 Å². The number of anilines is 1. The van der Waals surface area contributed by atoms with E-state index in [4.69, 9.17) is 4.74 Å². The standard InChI is InChI=1S/C24H31N3O3/c1-2-20-11-6-7-15-26(20)23-13-12-21(27(28)29)17-22(23)24-25(14-8-16-30-24)18-19-9-4-3-5-10-19/h3-5,9-10,12-13,17,20,24H,2,6-8,11,14-16,18H2,1H3/t20-,24+/m1/s1. The van der Waals surface area contributed by atoms with Crippen LogP contribution in [0.3, 0.4) is 0 Å². The Labute approximate surface area is 178 Å². The van der Waals surface area contributed by atoms with Gasteiger partial charge in [-0.15, -0.1) is 0 Å². The highest BCUT2D eigenvalue weighted by Crippen LogP contribution is 2.39. The number of piperidine rings is 1. The van der Waals surface area contributed by atoms with Crippen molar-refractivity contribution in [1.82, 2.24) is 4.90 Å². The number of rotatable bonds is 6. The Morgan fingerprint density at radius 2 is 1.93 bits per heavy atom. The first-order valence-electron chi connectivity index (χ1n) is 11.1. The maximum atomic E-state index is 11.6. The Balaban J connectivity index is 1.72. The van der Waals surface area contributed by atoms with Crippen LogP contribution in [0.2, 0.25) is 0 Å². The van der Waals surface area contributed by atoms with Crippen molar-refractivity contribution in [2.24, 2.45) is 0 Å². The molecule has 4 rings (SSSR count). The maximum Gasteiger partial charge on any atom is 0.270 e. The van der Waals surface area contributed by atoms with E-state index in [0.29, 0.717) is 12.6 Å². The predicted molar refractivity (Wildman–Crippen MR) is 119 cm³/mol. The summed E-state index contributed by atoms with van der Waals surface area (Å²) in [5.74, 6) is 0. The van der Waals surface area contributed by atoms with Crippen LogP contribution in [0, 0.1) is 10.1 Å². The third-order valence-corrected chi connectivity index (χ3v) is 6.32. The largest absolute Gasteiger partial charge is 0.368 e. The molecule has 2 saturated heterocycles. The fourth-order valence-electron chi connectivity index (χ4n) is 4.81.